The normalized spacial score (nSPS) is 20.2. The average Bonchev–Trinajstić information content (AvgIpc) is 2.92. The lowest BCUT2D eigenvalue weighted by Crippen LogP contribution is -2.28. The summed E-state index contributed by atoms with van der Waals surface area (Å²) < 4.78 is 19.5. The summed E-state index contributed by atoms with van der Waals surface area (Å²) in [5, 5.41) is -0.659. The Labute approximate surface area is 157 Å². The maximum Gasteiger partial charge on any atom is 0.278 e. The van der Waals surface area contributed by atoms with Gasteiger partial charge in [0.15, 0.2) is 0 Å². The van der Waals surface area contributed by atoms with E-state index in [9.17, 15) is 9.18 Å². The first-order chi connectivity index (χ1) is 12.5. The summed E-state index contributed by atoms with van der Waals surface area (Å²) in [5.41, 5.74) is 8.64. The number of benzene rings is 2. The van der Waals surface area contributed by atoms with Gasteiger partial charge in [0.2, 0.25) is 0 Å². The number of thioether (sulfide) groups is 1. The third-order valence-electron chi connectivity index (χ3n) is 4.35. The van der Waals surface area contributed by atoms with E-state index in [0.717, 1.165) is 28.6 Å². The number of hydrogen-bond acceptors (Lipinski definition) is 4. The van der Waals surface area contributed by atoms with Gasteiger partial charge in [0, 0.05) is 19.5 Å². The zero-order valence-corrected chi connectivity index (χ0v) is 15.5. The number of halogens is 1. The van der Waals surface area contributed by atoms with E-state index in [-0.39, 0.29) is 5.37 Å². The Morgan fingerprint density at radius 1 is 1.27 bits per heavy atom. The van der Waals surface area contributed by atoms with Gasteiger partial charge in [0.25, 0.3) is 5.24 Å². The summed E-state index contributed by atoms with van der Waals surface area (Å²) in [6.07, 6.45) is -0.575. The Morgan fingerprint density at radius 3 is 2.73 bits per heavy atom. The van der Waals surface area contributed by atoms with Crippen molar-refractivity contribution >= 4 is 17.0 Å². The van der Waals surface area contributed by atoms with Crippen LogP contribution in [0.5, 0.6) is 5.75 Å². The minimum atomic E-state index is -0.913. The number of nitrogens with two attached hydrogens (primary N) is 1. The van der Waals surface area contributed by atoms with Crippen LogP contribution in [-0.4, -0.2) is 28.2 Å². The van der Waals surface area contributed by atoms with Crippen molar-refractivity contribution in [2.75, 3.05) is 6.54 Å². The topological polar surface area (TPSA) is 55.6 Å². The largest absolute Gasteiger partial charge is 0.489 e. The first-order valence-corrected chi connectivity index (χ1v) is 9.49. The van der Waals surface area contributed by atoms with Crippen molar-refractivity contribution < 1.29 is 13.9 Å². The fourth-order valence-corrected chi connectivity index (χ4v) is 4.01. The first-order valence-electron chi connectivity index (χ1n) is 8.61. The molecule has 2 N–H and O–H groups in total. The number of ether oxygens (including phenoxy) is 1. The molecule has 0 saturated carbocycles. The smallest absolute Gasteiger partial charge is 0.278 e. The Hall–Kier alpha value is -2.05. The molecule has 0 spiro atoms. The summed E-state index contributed by atoms with van der Waals surface area (Å²) >= 11 is 1.00. The molecule has 1 saturated heterocycles. The quantitative estimate of drug-likeness (QED) is 0.821. The van der Waals surface area contributed by atoms with E-state index in [4.69, 9.17) is 10.5 Å². The van der Waals surface area contributed by atoms with Crippen LogP contribution >= 0.6 is 11.8 Å². The molecule has 4 nitrogen and oxygen atoms in total. The number of nitrogens with zero attached hydrogens (tertiary/aromatic N) is 1. The van der Waals surface area contributed by atoms with E-state index in [0.29, 0.717) is 26.1 Å². The Kier molecular flexibility index (Phi) is 6.16. The lowest BCUT2D eigenvalue weighted by atomic mass is 10.1. The fraction of sp³-hybridized carbons (Fsp3) is 0.350. The molecule has 0 aliphatic carbocycles. The van der Waals surface area contributed by atoms with Crippen LogP contribution in [0.15, 0.2) is 48.5 Å². The maximum atomic E-state index is 13.7. The number of alkyl halides is 1. The third-order valence-corrected chi connectivity index (χ3v) is 5.34. The maximum absolute atomic E-state index is 13.7. The minimum absolute atomic E-state index is 0.195. The van der Waals surface area contributed by atoms with Crippen LogP contribution < -0.4 is 10.5 Å². The van der Waals surface area contributed by atoms with E-state index in [1.54, 1.807) is 0 Å². The zero-order valence-electron chi connectivity index (χ0n) is 14.7. The molecule has 0 bridgehead atoms. The van der Waals surface area contributed by atoms with E-state index in [1.165, 1.54) is 5.56 Å². The molecule has 1 unspecified atom stereocenters. The molecular weight excluding hydrogens is 351 g/mol. The average molecular weight is 374 g/mol. The third kappa shape index (κ3) is 5.22. The lowest BCUT2D eigenvalue weighted by Gasteiger charge is -2.22. The summed E-state index contributed by atoms with van der Waals surface area (Å²) in [5.74, 6) is 0.795. The number of amides is 1. The number of likely N-dealkylation sites (tertiary alicyclic amines) is 1. The highest BCUT2D eigenvalue weighted by atomic mass is 32.2. The van der Waals surface area contributed by atoms with Gasteiger partial charge >= 0.3 is 0 Å². The number of aryl methyl sites for hydroxylation is 1. The standard InChI is InChI=1S/C20H23FN2O2S/c1-14-3-2-4-16(9-14)13-25-18-7-5-15(6-8-18)11-23-12-17(21)10-19(23)26-20(22)24/h2-9,17,19H,10-13H2,1H3,(H2,22,24)/t17-,19?/m0/s1. The number of rotatable bonds is 6. The molecule has 2 aromatic carbocycles. The second kappa shape index (κ2) is 8.56. The van der Waals surface area contributed by atoms with Gasteiger partial charge in [-0.2, -0.15) is 0 Å². The molecule has 2 aromatic rings. The zero-order chi connectivity index (χ0) is 18.5. The van der Waals surface area contributed by atoms with Gasteiger partial charge in [0.1, 0.15) is 18.5 Å². The second-order valence-corrected chi connectivity index (χ2v) is 7.76. The number of hydrogen-bond donors (Lipinski definition) is 1. The first kappa shape index (κ1) is 18.7. The SMILES string of the molecule is Cc1cccc(COc2ccc(CN3C[C@@H](F)CC3SC(N)=O)cc2)c1. The van der Waals surface area contributed by atoms with Crippen LogP contribution in [-0.2, 0) is 13.2 Å². The molecule has 1 aliphatic heterocycles. The van der Waals surface area contributed by atoms with E-state index >= 15 is 0 Å². The predicted octanol–water partition coefficient (Wildman–Crippen LogP) is 4.26. The summed E-state index contributed by atoms with van der Waals surface area (Å²) in [7, 11) is 0. The molecule has 3 rings (SSSR count). The number of carbonyl (C=O) groups is 1. The van der Waals surface area contributed by atoms with Gasteiger partial charge < -0.3 is 10.5 Å². The summed E-state index contributed by atoms with van der Waals surface area (Å²) in [6.45, 7) is 3.50. The number of carbonyl (C=O) groups excluding carboxylic acids is 1. The van der Waals surface area contributed by atoms with Crippen LogP contribution in [0.1, 0.15) is 23.1 Å². The van der Waals surface area contributed by atoms with Gasteiger partial charge in [-0.1, -0.05) is 42.0 Å². The Morgan fingerprint density at radius 2 is 2.04 bits per heavy atom. The van der Waals surface area contributed by atoms with Gasteiger partial charge in [-0.05, 0) is 41.9 Å². The van der Waals surface area contributed by atoms with Crippen molar-refractivity contribution in [2.45, 2.75) is 38.0 Å². The Balaban J connectivity index is 1.56. The number of primary amides is 1. The molecule has 1 aliphatic rings. The highest BCUT2D eigenvalue weighted by molar-refractivity contribution is 8.14. The van der Waals surface area contributed by atoms with Gasteiger partial charge in [-0.25, -0.2) is 4.39 Å². The molecule has 0 aromatic heterocycles. The molecule has 1 amide bonds. The lowest BCUT2D eigenvalue weighted by molar-refractivity contribution is 0.263. The Bertz CT molecular complexity index is 754. The summed E-state index contributed by atoms with van der Waals surface area (Å²) in [6, 6.07) is 16.0. The van der Waals surface area contributed by atoms with Crippen LogP contribution in [0.25, 0.3) is 0 Å². The van der Waals surface area contributed by atoms with Crippen LogP contribution in [0.4, 0.5) is 9.18 Å². The van der Waals surface area contributed by atoms with Crippen molar-refractivity contribution in [1.82, 2.24) is 4.90 Å². The van der Waals surface area contributed by atoms with Crippen molar-refractivity contribution in [2.24, 2.45) is 5.73 Å². The van der Waals surface area contributed by atoms with Crippen LogP contribution in [0, 0.1) is 6.92 Å². The van der Waals surface area contributed by atoms with Gasteiger partial charge in [0.05, 0.1) is 5.37 Å². The molecule has 2 atom stereocenters. The molecule has 6 heteroatoms. The molecular formula is C20H23FN2O2S. The molecule has 0 radical (unpaired) electrons. The molecule has 1 heterocycles. The predicted molar refractivity (Wildman–Crippen MR) is 103 cm³/mol. The monoisotopic (exact) mass is 374 g/mol. The van der Waals surface area contributed by atoms with E-state index in [1.807, 2.05) is 41.3 Å². The summed E-state index contributed by atoms with van der Waals surface area (Å²) in [4.78, 5) is 13.1. The van der Waals surface area contributed by atoms with Crippen LogP contribution in [0.3, 0.4) is 0 Å². The highest BCUT2D eigenvalue weighted by Gasteiger charge is 2.33. The van der Waals surface area contributed by atoms with Gasteiger partial charge in [-0.3, -0.25) is 9.69 Å². The minimum Gasteiger partial charge on any atom is -0.489 e. The van der Waals surface area contributed by atoms with Crippen molar-refractivity contribution in [3.63, 3.8) is 0 Å². The van der Waals surface area contributed by atoms with E-state index in [2.05, 4.69) is 19.1 Å². The van der Waals surface area contributed by atoms with Crippen LogP contribution in [0.2, 0.25) is 0 Å². The van der Waals surface area contributed by atoms with Crippen molar-refractivity contribution in [3.05, 3.63) is 65.2 Å². The highest BCUT2D eigenvalue weighted by Crippen LogP contribution is 2.30. The molecule has 138 valence electrons. The fourth-order valence-electron chi connectivity index (χ4n) is 3.13. The van der Waals surface area contributed by atoms with Crippen molar-refractivity contribution in [1.29, 1.82) is 0 Å². The van der Waals surface area contributed by atoms with Crippen molar-refractivity contribution in [3.8, 4) is 5.75 Å². The van der Waals surface area contributed by atoms with E-state index < -0.39 is 11.4 Å². The molecule has 26 heavy (non-hydrogen) atoms. The molecule has 1 fully saturated rings. The second-order valence-electron chi connectivity index (χ2n) is 6.58. The van der Waals surface area contributed by atoms with Gasteiger partial charge in [-0.15, -0.1) is 0 Å².